The number of hydrogen-bond acceptors (Lipinski definition) is 4. The topological polar surface area (TPSA) is 95.0 Å². The van der Waals surface area contributed by atoms with E-state index < -0.39 is 41.4 Å². The second-order valence-corrected chi connectivity index (χ2v) is 6.93. The number of nitrogens with zero attached hydrogens (tertiary/aromatic N) is 1. The Morgan fingerprint density at radius 2 is 2.07 bits per heavy atom. The molecule has 0 saturated heterocycles. The van der Waals surface area contributed by atoms with Gasteiger partial charge in [-0.2, -0.15) is 5.26 Å². The number of carbonyl (C=O) groups is 1. The molecule has 0 aliphatic carbocycles. The fourth-order valence-electron chi connectivity index (χ4n) is 3.64. The molecule has 0 bridgehead atoms. The molecule has 2 N–H and O–H groups in total. The van der Waals surface area contributed by atoms with Gasteiger partial charge in [0.2, 0.25) is 5.91 Å². The van der Waals surface area contributed by atoms with Crippen molar-refractivity contribution in [1.82, 2.24) is 10.3 Å². The zero-order valence-corrected chi connectivity index (χ0v) is 15.6. The zero-order valence-electron chi connectivity index (χ0n) is 15.6. The van der Waals surface area contributed by atoms with Gasteiger partial charge in [0.05, 0.1) is 35.2 Å². The van der Waals surface area contributed by atoms with E-state index in [1.807, 2.05) is 6.07 Å². The number of H-pyrrole nitrogens is 1. The van der Waals surface area contributed by atoms with Crippen molar-refractivity contribution in [2.75, 3.05) is 6.61 Å². The number of amides is 1. The lowest BCUT2D eigenvalue weighted by molar-refractivity contribution is -0.121. The number of benzene rings is 2. The molecule has 6 nitrogen and oxygen atoms in total. The molecule has 152 valence electrons. The van der Waals surface area contributed by atoms with Crippen molar-refractivity contribution in [3.05, 3.63) is 74.3 Å². The van der Waals surface area contributed by atoms with Gasteiger partial charge in [0.1, 0.15) is 18.2 Å². The van der Waals surface area contributed by atoms with Crippen LogP contribution in [-0.2, 0) is 11.2 Å². The smallest absolute Gasteiger partial charge is 0.252 e. The van der Waals surface area contributed by atoms with Crippen LogP contribution in [0.4, 0.5) is 13.2 Å². The van der Waals surface area contributed by atoms with E-state index in [2.05, 4.69) is 10.3 Å². The van der Waals surface area contributed by atoms with Crippen LogP contribution >= 0.6 is 0 Å². The van der Waals surface area contributed by atoms with Gasteiger partial charge in [-0.15, -0.1) is 0 Å². The Morgan fingerprint density at radius 3 is 2.80 bits per heavy atom. The SMILES string of the molecule is Cc1c(CC(=O)N[C@H]2COc3cc(C#N)cc(F)c32)c(=O)[nH]c2ccc(F)c(F)c12. The quantitative estimate of drug-likeness (QED) is 0.690. The fraction of sp³-hybridized carbons (Fsp3) is 0.190. The summed E-state index contributed by atoms with van der Waals surface area (Å²) in [7, 11) is 0. The maximum atomic E-state index is 14.3. The lowest BCUT2D eigenvalue weighted by Crippen LogP contribution is -2.33. The van der Waals surface area contributed by atoms with Crippen molar-refractivity contribution >= 4 is 16.8 Å². The Bertz CT molecular complexity index is 1310. The number of halogens is 3. The molecule has 1 aliphatic heterocycles. The number of aryl methyl sites for hydroxylation is 1. The van der Waals surface area contributed by atoms with E-state index in [9.17, 15) is 22.8 Å². The molecule has 0 fully saturated rings. The van der Waals surface area contributed by atoms with Gasteiger partial charge in [0.15, 0.2) is 11.6 Å². The first-order valence-electron chi connectivity index (χ1n) is 8.95. The van der Waals surface area contributed by atoms with Crippen molar-refractivity contribution in [1.29, 1.82) is 5.26 Å². The molecule has 0 saturated carbocycles. The number of hydrogen-bond donors (Lipinski definition) is 2. The van der Waals surface area contributed by atoms with Gasteiger partial charge < -0.3 is 15.0 Å². The van der Waals surface area contributed by atoms with E-state index in [0.717, 1.165) is 12.1 Å². The van der Waals surface area contributed by atoms with Crippen LogP contribution in [0.5, 0.6) is 5.75 Å². The lowest BCUT2D eigenvalue weighted by atomic mass is 10.0. The number of nitriles is 1. The van der Waals surface area contributed by atoms with E-state index in [1.54, 1.807) is 0 Å². The molecule has 0 radical (unpaired) electrons. The monoisotopic (exact) mass is 413 g/mol. The summed E-state index contributed by atoms with van der Waals surface area (Å²) in [5, 5.41) is 11.4. The Labute approximate surface area is 167 Å². The lowest BCUT2D eigenvalue weighted by Gasteiger charge is -2.14. The Kier molecular flexibility index (Phi) is 4.70. The molecule has 4 rings (SSSR count). The molecule has 2 heterocycles. The van der Waals surface area contributed by atoms with Crippen molar-refractivity contribution < 1.29 is 22.7 Å². The highest BCUT2D eigenvalue weighted by Crippen LogP contribution is 2.35. The Hall–Kier alpha value is -3.80. The number of aromatic nitrogens is 1. The van der Waals surface area contributed by atoms with Crippen LogP contribution in [-0.4, -0.2) is 17.5 Å². The first-order valence-corrected chi connectivity index (χ1v) is 8.95. The minimum absolute atomic E-state index is 0.0241. The Balaban J connectivity index is 1.63. The second-order valence-electron chi connectivity index (χ2n) is 6.93. The molecule has 0 unspecified atom stereocenters. The van der Waals surface area contributed by atoms with Crippen LogP contribution in [0.2, 0.25) is 0 Å². The number of ether oxygens (including phenoxy) is 1. The van der Waals surface area contributed by atoms with E-state index >= 15 is 0 Å². The highest BCUT2D eigenvalue weighted by atomic mass is 19.2. The third-order valence-corrected chi connectivity index (χ3v) is 5.09. The molecular weight excluding hydrogens is 399 g/mol. The number of aromatic amines is 1. The molecular formula is C21H14F3N3O3. The van der Waals surface area contributed by atoms with Crippen molar-refractivity contribution in [3.63, 3.8) is 0 Å². The second kappa shape index (κ2) is 7.22. The third kappa shape index (κ3) is 3.16. The average molecular weight is 413 g/mol. The molecule has 3 aromatic rings. The Morgan fingerprint density at radius 1 is 1.30 bits per heavy atom. The summed E-state index contributed by atoms with van der Waals surface area (Å²) in [5.74, 6) is -3.33. The molecule has 0 spiro atoms. The fourth-order valence-corrected chi connectivity index (χ4v) is 3.64. The van der Waals surface area contributed by atoms with Crippen LogP contribution in [0.3, 0.4) is 0 Å². The van der Waals surface area contributed by atoms with Crippen LogP contribution in [0.25, 0.3) is 10.9 Å². The third-order valence-electron chi connectivity index (χ3n) is 5.09. The van der Waals surface area contributed by atoms with Crippen LogP contribution in [0.1, 0.15) is 28.3 Å². The minimum atomic E-state index is -1.11. The molecule has 1 aromatic heterocycles. The van der Waals surface area contributed by atoms with Gasteiger partial charge in [-0.3, -0.25) is 9.59 Å². The van der Waals surface area contributed by atoms with Crippen molar-refractivity contribution in [3.8, 4) is 11.8 Å². The number of carbonyl (C=O) groups excluding carboxylic acids is 1. The van der Waals surface area contributed by atoms with E-state index in [1.165, 1.54) is 19.1 Å². The van der Waals surface area contributed by atoms with E-state index in [-0.39, 0.29) is 45.5 Å². The highest BCUT2D eigenvalue weighted by Gasteiger charge is 2.30. The molecule has 2 aromatic carbocycles. The van der Waals surface area contributed by atoms with Gasteiger partial charge in [0.25, 0.3) is 5.56 Å². The molecule has 1 aliphatic rings. The maximum Gasteiger partial charge on any atom is 0.252 e. The first kappa shape index (κ1) is 19.5. The zero-order chi connectivity index (χ0) is 21.6. The highest BCUT2D eigenvalue weighted by molar-refractivity contribution is 5.86. The van der Waals surface area contributed by atoms with Crippen molar-refractivity contribution in [2.24, 2.45) is 0 Å². The van der Waals surface area contributed by atoms with Crippen molar-refractivity contribution in [2.45, 2.75) is 19.4 Å². The summed E-state index contributed by atoms with van der Waals surface area (Å²) < 4.78 is 47.5. The summed E-state index contributed by atoms with van der Waals surface area (Å²) in [4.78, 5) is 27.4. The average Bonchev–Trinajstić information content (AvgIpc) is 3.10. The van der Waals surface area contributed by atoms with Gasteiger partial charge >= 0.3 is 0 Å². The van der Waals surface area contributed by atoms with Crippen LogP contribution in [0, 0.1) is 35.7 Å². The molecule has 30 heavy (non-hydrogen) atoms. The largest absolute Gasteiger partial charge is 0.491 e. The minimum Gasteiger partial charge on any atom is -0.491 e. The number of pyridine rings is 1. The van der Waals surface area contributed by atoms with Gasteiger partial charge in [0, 0.05) is 10.9 Å². The predicted molar refractivity (Wildman–Crippen MR) is 100 cm³/mol. The standard InChI is InChI=1S/C21H14F3N3O3/c1-9-11(21(29)27-14-3-2-12(22)20(24)18(9)14)6-17(28)26-15-8-30-16-5-10(7-25)4-13(23)19(15)16/h2-5,15H,6,8H2,1H3,(H,26,28)(H,27,29)/t15-/m0/s1. The van der Waals surface area contributed by atoms with Gasteiger partial charge in [-0.1, -0.05) is 0 Å². The van der Waals surface area contributed by atoms with E-state index in [4.69, 9.17) is 10.00 Å². The van der Waals surface area contributed by atoms with Gasteiger partial charge in [-0.05, 0) is 36.8 Å². The van der Waals surface area contributed by atoms with Crippen LogP contribution < -0.4 is 15.6 Å². The van der Waals surface area contributed by atoms with Gasteiger partial charge in [-0.25, -0.2) is 13.2 Å². The number of nitrogens with one attached hydrogen (secondary N) is 2. The number of fused-ring (bicyclic) bond motifs is 2. The number of rotatable bonds is 3. The summed E-state index contributed by atoms with van der Waals surface area (Å²) >= 11 is 0. The summed E-state index contributed by atoms with van der Waals surface area (Å²) in [6, 6.07) is 5.58. The molecule has 9 heteroatoms. The predicted octanol–water partition coefficient (Wildman–Crippen LogP) is 2.92. The normalized spacial score (nSPS) is 14.8. The summed E-state index contributed by atoms with van der Waals surface area (Å²) in [5.41, 5.74) is -0.161. The molecule has 1 amide bonds. The maximum absolute atomic E-state index is 14.3. The first-order chi connectivity index (χ1) is 14.3. The summed E-state index contributed by atoms with van der Waals surface area (Å²) in [6.45, 7) is 1.39. The van der Waals surface area contributed by atoms with Crippen LogP contribution in [0.15, 0.2) is 29.1 Å². The molecule has 1 atom stereocenters. The summed E-state index contributed by atoms with van der Waals surface area (Å²) in [6.07, 6.45) is -0.420. The van der Waals surface area contributed by atoms with E-state index in [0.29, 0.717) is 0 Å².